The molecule has 0 radical (unpaired) electrons. The number of carbonyl (C=O) groups is 2. The second kappa shape index (κ2) is 11.2. The lowest BCUT2D eigenvalue weighted by Gasteiger charge is -2.19. The molecule has 0 aliphatic rings. The van der Waals surface area contributed by atoms with Gasteiger partial charge in [0.25, 0.3) is 0 Å². The van der Waals surface area contributed by atoms with Crippen molar-refractivity contribution in [3.63, 3.8) is 0 Å². The predicted molar refractivity (Wildman–Crippen MR) is 120 cm³/mol. The van der Waals surface area contributed by atoms with Crippen LogP contribution in [0.25, 0.3) is 6.08 Å². The van der Waals surface area contributed by atoms with Crippen LogP contribution < -0.4 is 10.1 Å². The van der Waals surface area contributed by atoms with Crippen LogP contribution >= 0.6 is 0 Å². The quantitative estimate of drug-likeness (QED) is 0.389. The smallest absolute Gasteiger partial charge is 0.247 e. The number of para-hydroxylation sites is 1. The summed E-state index contributed by atoms with van der Waals surface area (Å²) in [6, 6.07) is 20.0. The molecular formula is C25H24N2O4. The number of amides is 2. The van der Waals surface area contributed by atoms with Crippen molar-refractivity contribution in [3.8, 4) is 5.75 Å². The maximum atomic E-state index is 12.8. The Morgan fingerprint density at radius 2 is 1.81 bits per heavy atom. The first kappa shape index (κ1) is 21.6. The lowest BCUT2D eigenvalue weighted by molar-refractivity contribution is -0.131. The molecule has 0 unspecified atom stereocenters. The van der Waals surface area contributed by atoms with Gasteiger partial charge in [-0.1, -0.05) is 43.0 Å². The number of hydrogen-bond acceptors (Lipinski definition) is 4. The van der Waals surface area contributed by atoms with Crippen molar-refractivity contribution in [2.75, 3.05) is 18.5 Å². The van der Waals surface area contributed by atoms with E-state index in [0.717, 1.165) is 11.3 Å². The van der Waals surface area contributed by atoms with E-state index in [2.05, 4.69) is 11.9 Å². The van der Waals surface area contributed by atoms with Crippen LogP contribution in [0.1, 0.15) is 11.3 Å². The summed E-state index contributed by atoms with van der Waals surface area (Å²) < 4.78 is 10.8. The number of nitrogens with zero attached hydrogens (tertiary/aromatic N) is 1. The first-order valence-corrected chi connectivity index (χ1v) is 9.82. The Kier molecular flexibility index (Phi) is 7.83. The van der Waals surface area contributed by atoms with Gasteiger partial charge in [-0.15, -0.1) is 0 Å². The maximum absolute atomic E-state index is 12.8. The lowest BCUT2D eigenvalue weighted by atomic mass is 10.2. The molecule has 6 nitrogen and oxygen atoms in total. The number of ether oxygens (including phenoxy) is 1. The summed E-state index contributed by atoms with van der Waals surface area (Å²) in [7, 11) is 0. The van der Waals surface area contributed by atoms with Gasteiger partial charge in [-0.25, -0.2) is 0 Å². The van der Waals surface area contributed by atoms with Crippen LogP contribution in [-0.4, -0.2) is 29.9 Å². The van der Waals surface area contributed by atoms with E-state index in [9.17, 15) is 9.59 Å². The molecule has 1 heterocycles. The van der Waals surface area contributed by atoms with E-state index in [0.29, 0.717) is 18.1 Å². The zero-order valence-electron chi connectivity index (χ0n) is 17.1. The van der Waals surface area contributed by atoms with Crippen LogP contribution in [0.15, 0.2) is 96.1 Å². The minimum atomic E-state index is -0.299. The van der Waals surface area contributed by atoms with Gasteiger partial charge < -0.3 is 19.4 Å². The van der Waals surface area contributed by atoms with Crippen LogP contribution in [0.4, 0.5) is 5.69 Å². The maximum Gasteiger partial charge on any atom is 0.247 e. The highest BCUT2D eigenvalue weighted by atomic mass is 16.5. The molecule has 31 heavy (non-hydrogen) atoms. The number of rotatable bonds is 10. The molecule has 2 amide bonds. The third kappa shape index (κ3) is 7.04. The highest BCUT2D eigenvalue weighted by molar-refractivity contribution is 5.98. The Labute approximate surface area is 181 Å². The first-order valence-electron chi connectivity index (χ1n) is 9.82. The molecule has 0 bridgehead atoms. The van der Waals surface area contributed by atoms with Crippen LogP contribution in [0.3, 0.4) is 0 Å². The van der Waals surface area contributed by atoms with Crippen molar-refractivity contribution in [2.45, 2.75) is 6.54 Å². The minimum absolute atomic E-state index is 0.104. The summed E-state index contributed by atoms with van der Waals surface area (Å²) >= 11 is 0. The van der Waals surface area contributed by atoms with Crippen LogP contribution in [0, 0.1) is 0 Å². The molecule has 0 saturated heterocycles. The molecule has 0 spiro atoms. The summed E-state index contributed by atoms with van der Waals surface area (Å²) in [5.74, 6) is 0.730. The molecule has 0 fully saturated rings. The minimum Gasteiger partial charge on any atom is -0.490 e. The van der Waals surface area contributed by atoms with Crippen LogP contribution in [0.2, 0.25) is 0 Å². The topological polar surface area (TPSA) is 71.8 Å². The Hall–Kier alpha value is -4.06. The van der Waals surface area contributed by atoms with E-state index in [-0.39, 0.29) is 24.9 Å². The Morgan fingerprint density at radius 1 is 1.03 bits per heavy atom. The molecule has 1 N–H and O–H groups in total. The number of benzene rings is 2. The Morgan fingerprint density at radius 3 is 2.48 bits per heavy atom. The predicted octanol–water partition coefficient (Wildman–Crippen LogP) is 4.53. The number of nitrogens with one attached hydrogen (secondary N) is 1. The third-order valence-electron chi connectivity index (χ3n) is 4.30. The number of furan rings is 1. The number of carbonyl (C=O) groups excluding carboxylic acids is 2. The SMILES string of the molecule is C=CCOc1ccc(/C=C/C(=O)N(CC(=O)Nc2ccccc2)Cc2ccco2)cc1. The van der Waals surface area contributed by atoms with E-state index in [1.54, 1.807) is 36.4 Å². The molecule has 2 aromatic carbocycles. The normalized spacial score (nSPS) is 10.6. The molecule has 3 rings (SSSR count). The fourth-order valence-electron chi connectivity index (χ4n) is 2.80. The molecule has 0 saturated carbocycles. The zero-order valence-corrected chi connectivity index (χ0v) is 17.1. The molecule has 0 aliphatic carbocycles. The third-order valence-corrected chi connectivity index (χ3v) is 4.30. The van der Waals surface area contributed by atoms with Crippen molar-refractivity contribution in [1.82, 2.24) is 4.90 Å². The average molecular weight is 416 g/mol. The monoisotopic (exact) mass is 416 g/mol. The van der Waals surface area contributed by atoms with Crippen LogP contribution in [-0.2, 0) is 16.1 Å². The molecule has 6 heteroatoms. The fraction of sp³-hybridized carbons (Fsp3) is 0.120. The number of hydrogen-bond donors (Lipinski definition) is 1. The summed E-state index contributed by atoms with van der Waals surface area (Å²) in [6.45, 7) is 4.13. The van der Waals surface area contributed by atoms with Gasteiger partial charge >= 0.3 is 0 Å². The van der Waals surface area contributed by atoms with E-state index < -0.39 is 0 Å². The molecule has 3 aromatic rings. The Balaban J connectivity index is 1.66. The summed E-state index contributed by atoms with van der Waals surface area (Å²) in [6.07, 6.45) is 6.35. The standard InChI is InChI=1S/C25H24N2O4/c1-2-16-30-22-13-10-20(11-14-22)12-15-25(29)27(18-23-9-6-17-31-23)19-24(28)26-21-7-4-3-5-8-21/h2-15,17H,1,16,18-19H2,(H,26,28)/b15-12+. The van der Waals surface area contributed by atoms with Crippen molar-refractivity contribution >= 4 is 23.6 Å². The largest absolute Gasteiger partial charge is 0.490 e. The lowest BCUT2D eigenvalue weighted by Crippen LogP contribution is -2.36. The van der Waals surface area contributed by atoms with E-state index in [4.69, 9.17) is 9.15 Å². The fourth-order valence-corrected chi connectivity index (χ4v) is 2.80. The molecular weight excluding hydrogens is 392 g/mol. The van der Waals surface area contributed by atoms with Crippen molar-refractivity contribution in [1.29, 1.82) is 0 Å². The van der Waals surface area contributed by atoms with E-state index in [1.807, 2.05) is 42.5 Å². The second-order valence-corrected chi connectivity index (χ2v) is 6.69. The number of anilines is 1. The van der Waals surface area contributed by atoms with Gasteiger partial charge in [0, 0.05) is 11.8 Å². The van der Waals surface area contributed by atoms with Gasteiger partial charge in [0.15, 0.2) is 0 Å². The zero-order chi connectivity index (χ0) is 21.9. The van der Waals surface area contributed by atoms with Gasteiger partial charge in [-0.3, -0.25) is 9.59 Å². The van der Waals surface area contributed by atoms with Gasteiger partial charge in [0.1, 0.15) is 24.7 Å². The second-order valence-electron chi connectivity index (χ2n) is 6.69. The van der Waals surface area contributed by atoms with Gasteiger partial charge in [-0.2, -0.15) is 0 Å². The summed E-state index contributed by atoms with van der Waals surface area (Å²) in [5, 5.41) is 2.80. The highest BCUT2D eigenvalue weighted by Crippen LogP contribution is 2.14. The van der Waals surface area contributed by atoms with Crippen molar-refractivity contribution in [2.24, 2.45) is 0 Å². The molecule has 0 aliphatic heterocycles. The molecule has 0 atom stereocenters. The van der Waals surface area contributed by atoms with Gasteiger partial charge in [0.05, 0.1) is 12.8 Å². The van der Waals surface area contributed by atoms with Crippen molar-refractivity contribution < 1.29 is 18.7 Å². The Bertz CT molecular complexity index is 1010. The van der Waals surface area contributed by atoms with Crippen molar-refractivity contribution in [3.05, 3.63) is 103 Å². The highest BCUT2D eigenvalue weighted by Gasteiger charge is 2.17. The van der Waals surface area contributed by atoms with E-state index >= 15 is 0 Å². The molecule has 1 aromatic heterocycles. The van der Waals surface area contributed by atoms with Gasteiger partial charge in [0.2, 0.25) is 11.8 Å². The molecule has 158 valence electrons. The average Bonchev–Trinajstić information content (AvgIpc) is 3.30. The summed E-state index contributed by atoms with van der Waals surface area (Å²) in [5.41, 5.74) is 1.51. The summed E-state index contributed by atoms with van der Waals surface area (Å²) in [4.78, 5) is 26.7. The van der Waals surface area contributed by atoms with Crippen LogP contribution in [0.5, 0.6) is 5.75 Å². The van der Waals surface area contributed by atoms with Gasteiger partial charge in [-0.05, 0) is 48.0 Å². The first-order chi connectivity index (χ1) is 15.1. The van der Waals surface area contributed by atoms with E-state index in [1.165, 1.54) is 17.2 Å².